The molecule has 0 saturated heterocycles. The maximum Gasteiger partial charge on any atom is 0.189 e. The zero-order valence-corrected chi connectivity index (χ0v) is 16.2. The quantitative estimate of drug-likeness (QED) is 0.606. The van der Waals surface area contributed by atoms with Crippen molar-refractivity contribution in [3.63, 3.8) is 0 Å². The smallest absolute Gasteiger partial charge is 0.189 e. The van der Waals surface area contributed by atoms with E-state index in [4.69, 9.17) is 15.2 Å². The minimum atomic E-state index is 0.113. The van der Waals surface area contributed by atoms with Crippen LogP contribution in [0.3, 0.4) is 0 Å². The fourth-order valence-corrected chi connectivity index (χ4v) is 3.32. The number of nitrogens with zero attached hydrogens (tertiary/aromatic N) is 2. The summed E-state index contributed by atoms with van der Waals surface area (Å²) in [7, 11) is 5.76. The Morgan fingerprint density at radius 3 is 2.89 bits per heavy atom. The lowest BCUT2D eigenvalue weighted by molar-refractivity contribution is 0.262. The van der Waals surface area contributed by atoms with Crippen molar-refractivity contribution < 1.29 is 9.47 Å². The highest BCUT2D eigenvalue weighted by molar-refractivity contribution is 5.78. The number of fused-ring (bicyclic) bond motifs is 1. The first-order valence-electron chi connectivity index (χ1n) is 9.17. The largest absolute Gasteiger partial charge is 0.497 e. The van der Waals surface area contributed by atoms with E-state index in [1.165, 1.54) is 0 Å². The van der Waals surface area contributed by atoms with Crippen molar-refractivity contribution in [2.45, 2.75) is 18.5 Å². The number of rotatable bonds is 6. The van der Waals surface area contributed by atoms with E-state index in [2.05, 4.69) is 27.3 Å². The Balaban J connectivity index is 1.70. The van der Waals surface area contributed by atoms with Gasteiger partial charge in [0.05, 0.1) is 32.3 Å². The highest BCUT2D eigenvalue weighted by Crippen LogP contribution is 2.31. The average molecular weight is 368 g/mol. The van der Waals surface area contributed by atoms with Gasteiger partial charge in [-0.25, -0.2) is 0 Å². The van der Waals surface area contributed by atoms with Crippen molar-refractivity contribution in [3.05, 3.63) is 59.7 Å². The maximum atomic E-state index is 6.20. The summed E-state index contributed by atoms with van der Waals surface area (Å²) < 4.78 is 11.0. The van der Waals surface area contributed by atoms with Gasteiger partial charge in [-0.1, -0.05) is 30.3 Å². The van der Waals surface area contributed by atoms with Crippen LogP contribution < -0.4 is 20.5 Å². The highest BCUT2D eigenvalue weighted by Gasteiger charge is 2.21. The van der Waals surface area contributed by atoms with Crippen LogP contribution in [0.2, 0.25) is 0 Å². The van der Waals surface area contributed by atoms with Crippen molar-refractivity contribution in [3.8, 4) is 11.5 Å². The molecule has 0 aromatic heterocycles. The molecule has 2 unspecified atom stereocenters. The number of nitrogens with two attached hydrogens (primary N) is 1. The van der Waals surface area contributed by atoms with Gasteiger partial charge in [-0.05, 0) is 37.9 Å². The van der Waals surface area contributed by atoms with Gasteiger partial charge in [0.1, 0.15) is 11.5 Å². The van der Waals surface area contributed by atoms with Crippen molar-refractivity contribution in [2.75, 3.05) is 34.4 Å². The molecule has 2 aromatic carbocycles. The van der Waals surface area contributed by atoms with Gasteiger partial charge in [0.25, 0.3) is 0 Å². The molecular formula is C21H28N4O2. The molecule has 1 aliphatic rings. The molecule has 0 amide bonds. The topological polar surface area (TPSA) is 72.1 Å². The number of ether oxygens (including phenoxy) is 2. The van der Waals surface area contributed by atoms with Crippen molar-refractivity contribution in [1.82, 2.24) is 10.2 Å². The van der Waals surface area contributed by atoms with Crippen LogP contribution >= 0.6 is 0 Å². The zero-order chi connectivity index (χ0) is 19.2. The third-order valence-corrected chi connectivity index (χ3v) is 4.82. The molecule has 6 heteroatoms. The van der Waals surface area contributed by atoms with E-state index in [-0.39, 0.29) is 12.1 Å². The summed E-state index contributed by atoms with van der Waals surface area (Å²) >= 11 is 0. The number of guanidine groups is 1. The second-order valence-corrected chi connectivity index (χ2v) is 6.85. The van der Waals surface area contributed by atoms with Crippen molar-refractivity contribution in [1.29, 1.82) is 0 Å². The molecule has 144 valence electrons. The predicted octanol–water partition coefficient (Wildman–Crippen LogP) is 2.73. The Morgan fingerprint density at radius 2 is 2.11 bits per heavy atom. The van der Waals surface area contributed by atoms with E-state index < -0.39 is 0 Å². The van der Waals surface area contributed by atoms with Crippen LogP contribution in [0.5, 0.6) is 11.5 Å². The van der Waals surface area contributed by atoms with Crippen LogP contribution in [-0.2, 0) is 0 Å². The van der Waals surface area contributed by atoms with Crippen molar-refractivity contribution >= 4 is 5.96 Å². The molecule has 3 rings (SSSR count). The van der Waals surface area contributed by atoms with Crippen LogP contribution in [0.15, 0.2) is 53.5 Å². The van der Waals surface area contributed by atoms with Crippen LogP contribution in [0.25, 0.3) is 0 Å². The molecule has 2 aromatic rings. The predicted molar refractivity (Wildman–Crippen MR) is 108 cm³/mol. The van der Waals surface area contributed by atoms with E-state index in [0.717, 1.165) is 29.0 Å². The van der Waals surface area contributed by atoms with Gasteiger partial charge in [-0.2, -0.15) is 0 Å². The van der Waals surface area contributed by atoms with Crippen LogP contribution in [0.4, 0.5) is 0 Å². The summed E-state index contributed by atoms with van der Waals surface area (Å²) in [4.78, 5) is 6.74. The lowest BCUT2D eigenvalue weighted by Gasteiger charge is -2.27. The SMILES string of the molecule is COc1cccc(C(CN=C(N)NC2CCOc3ccccc32)N(C)C)c1. The number of para-hydroxylation sites is 1. The Kier molecular flexibility index (Phi) is 6.19. The summed E-state index contributed by atoms with van der Waals surface area (Å²) in [6.45, 7) is 1.23. The van der Waals surface area contributed by atoms with Crippen LogP contribution in [0.1, 0.15) is 29.6 Å². The number of benzene rings is 2. The number of hydrogen-bond acceptors (Lipinski definition) is 4. The molecule has 0 radical (unpaired) electrons. The Bertz CT molecular complexity index is 791. The number of nitrogens with one attached hydrogen (secondary N) is 1. The van der Waals surface area contributed by atoms with Gasteiger partial charge in [0.2, 0.25) is 0 Å². The van der Waals surface area contributed by atoms with Gasteiger partial charge in [0, 0.05) is 12.0 Å². The fourth-order valence-electron chi connectivity index (χ4n) is 3.32. The normalized spacial score (nSPS) is 17.8. The molecule has 2 atom stereocenters. The zero-order valence-electron chi connectivity index (χ0n) is 16.2. The molecule has 1 heterocycles. The summed E-state index contributed by atoms with van der Waals surface area (Å²) in [5, 5.41) is 3.35. The fraction of sp³-hybridized carbons (Fsp3) is 0.381. The van der Waals surface area contributed by atoms with E-state index in [0.29, 0.717) is 19.1 Å². The number of likely N-dealkylation sites (N-methyl/N-ethyl adjacent to an activating group) is 1. The Labute approximate surface area is 161 Å². The van der Waals surface area contributed by atoms with Crippen molar-refractivity contribution in [2.24, 2.45) is 10.7 Å². The molecule has 27 heavy (non-hydrogen) atoms. The minimum Gasteiger partial charge on any atom is -0.497 e. The monoisotopic (exact) mass is 368 g/mol. The molecule has 0 aliphatic carbocycles. The first-order chi connectivity index (χ1) is 13.1. The van der Waals surface area contributed by atoms with Crippen LogP contribution in [-0.4, -0.2) is 45.2 Å². The minimum absolute atomic E-state index is 0.113. The molecule has 0 bridgehead atoms. The molecule has 0 spiro atoms. The molecule has 0 fully saturated rings. The maximum absolute atomic E-state index is 6.20. The van der Waals surface area contributed by atoms with Gasteiger partial charge in [-0.3, -0.25) is 4.99 Å². The molecule has 3 N–H and O–H groups in total. The molecule has 6 nitrogen and oxygen atoms in total. The lowest BCUT2D eigenvalue weighted by atomic mass is 10.0. The molecular weight excluding hydrogens is 340 g/mol. The van der Waals surface area contributed by atoms with Gasteiger partial charge >= 0.3 is 0 Å². The van der Waals surface area contributed by atoms with E-state index in [1.807, 2.05) is 50.5 Å². The van der Waals surface area contributed by atoms with E-state index in [1.54, 1.807) is 7.11 Å². The third-order valence-electron chi connectivity index (χ3n) is 4.82. The second-order valence-electron chi connectivity index (χ2n) is 6.85. The Hall–Kier alpha value is -2.73. The third kappa shape index (κ3) is 4.71. The van der Waals surface area contributed by atoms with E-state index >= 15 is 0 Å². The summed E-state index contributed by atoms with van der Waals surface area (Å²) in [5.74, 6) is 2.20. The number of hydrogen-bond donors (Lipinski definition) is 2. The second kappa shape index (κ2) is 8.77. The highest BCUT2D eigenvalue weighted by atomic mass is 16.5. The molecule has 1 aliphatic heterocycles. The average Bonchev–Trinajstić information content (AvgIpc) is 2.68. The number of methoxy groups -OCH3 is 1. The summed E-state index contributed by atoms with van der Waals surface area (Å²) in [6.07, 6.45) is 0.861. The summed E-state index contributed by atoms with van der Waals surface area (Å²) in [5.41, 5.74) is 8.47. The lowest BCUT2D eigenvalue weighted by Crippen LogP contribution is -2.38. The van der Waals surface area contributed by atoms with E-state index in [9.17, 15) is 0 Å². The standard InChI is InChI=1S/C21H28N4O2/c1-25(2)19(15-7-6-8-16(13-15)26-3)14-23-21(22)24-18-11-12-27-20-10-5-4-9-17(18)20/h4-10,13,18-19H,11-12,14H2,1-3H3,(H3,22,23,24). The van der Waals surface area contributed by atoms with Crippen LogP contribution in [0, 0.1) is 0 Å². The first kappa shape index (κ1) is 19.0. The van der Waals surface area contributed by atoms with Gasteiger partial charge in [-0.15, -0.1) is 0 Å². The van der Waals surface area contributed by atoms with Gasteiger partial charge in [0.15, 0.2) is 5.96 Å². The summed E-state index contributed by atoms with van der Waals surface area (Å²) in [6, 6.07) is 16.3. The molecule has 0 saturated carbocycles. The first-order valence-corrected chi connectivity index (χ1v) is 9.17. The van der Waals surface area contributed by atoms with Gasteiger partial charge < -0.3 is 25.4 Å². The number of aliphatic imine (C=N–C) groups is 1. The Morgan fingerprint density at radius 1 is 1.30 bits per heavy atom.